The molecule has 0 saturated heterocycles. The number of aromatic nitrogens is 3. The number of thioether (sulfide) groups is 1. The third kappa shape index (κ3) is 6.96. The van der Waals surface area contributed by atoms with Gasteiger partial charge >= 0.3 is 5.97 Å². The Labute approximate surface area is 236 Å². The molecule has 0 atom stereocenters. The number of amides is 1. The molecule has 0 spiro atoms. The Hall–Kier alpha value is -3.89. The van der Waals surface area contributed by atoms with Gasteiger partial charge in [0.05, 0.1) is 12.4 Å². The highest BCUT2D eigenvalue weighted by Gasteiger charge is 2.23. The zero-order chi connectivity index (χ0) is 27.8. The number of hydrogen-bond acceptors (Lipinski definition) is 8. The summed E-state index contributed by atoms with van der Waals surface area (Å²) in [5.41, 5.74) is 4.10. The normalized spacial score (nSPS) is 10.7. The van der Waals surface area contributed by atoms with E-state index in [1.165, 1.54) is 23.1 Å². The lowest BCUT2D eigenvalue weighted by Gasteiger charge is -2.11. The minimum Gasteiger partial charge on any atom is -0.485 e. The molecular weight excluding hydrogens is 532 g/mol. The van der Waals surface area contributed by atoms with Crippen LogP contribution < -0.4 is 10.1 Å². The molecule has 1 amide bonds. The molecule has 0 aliphatic rings. The second-order valence-electron chi connectivity index (χ2n) is 8.63. The number of aryl methyl sites for hydroxylation is 2. The lowest BCUT2D eigenvalue weighted by Crippen LogP contribution is -2.17. The Bertz CT molecular complexity index is 1460. The summed E-state index contributed by atoms with van der Waals surface area (Å²) in [5, 5.41) is 14.3. The van der Waals surface area contributed by atoms with Gasteiger partial charge in [-0.1, -0.05) is 60.3 Å². The molecule has 202 valence electrons. The molecule has 2 heterocycles. The summed E-state index contributed by atoms with van der Waals surface area (Å²) in [7, 11) is 0. The smallest absolute Gasteiger partial charge is 0.341 e. The van der Waals surface area contributed by atoms with Crippen molar-refractivity contribution in [1.82, 2.24) is 14.8 Å². The van der Waals surface area contributed by atoms with Crippen molar-refractivity contribution in [1.29, 1.82) is 0 Å². The lowest BCUT2D eigenvalue weighted by atomic mass is 10.0. The van der Waals surface area contributed by atoms with Crippen LogP contribution in [0.5, 0.6) is 5.75 Å². The van der Waals surface area contributed by atoms with Crippen LogP contribution in [0.25, 0.3) is 11.1 Å². The van der Waals surface area contributed by atoms with E-state index in [9.17, 15) is 9.59 Å². The Morgan fingerprint density at radius 2 is 1.95 bits per heavy atom. The van der Waals surface area contributed by atoms with Crippen molar-refractivity contribution in [2.45, 2.75) is 39.1 Å². The Kier molecular flexibility index (Phi) is 9.56. The highest BCUT2D eigenvalue weighted by Crippen LogP contribution is 2.36. The minimum absolute atomic E-state index is 0.0773. The predicted octanol–water partition coefficient (Wildman–Crippen LogP) is 6.30. The van der Waals surface area contributed by atoms with Gasteiger partial charge in [-0.2, -0.15) is 0 Å². The number of nitrogens with one attached hydrogen (secondary N) is 1. The lowest BCUT2D eigenvalue weighted by molar-refractivity contribution is -0.113. The molecule has 0 aliphatic carbocycles. The van der Waals surface area contributed by atoms with Gasteiger partial charge in [-0.3, -0.25) is 9.36 Å². The molecule has 10 heteroatoms. The number of thiophene rings is 1. The van der Waals surface area contributed by atoms with Gasteiger partial charge in [0.1, 0.15) is 22.9 Å². The number of hydrogen-bond donors (Lipinski definition) is 1. The predicted molar refractivity (Wildman–Crippen MR) is 156 cm³/mol. The summed E-state index contributed by atoms with van der Waals surface area (Å²) in [6, 6.07) is 15.6. The number of ether oxygens (including phenoxy) is 2. The quantitative estimate of drug-likeness (QED) is 0.123. The molecule has 2 aromatic carbocycles. The van der Waals surface area contributed by atoms with Crippen LogP contribution >= 0.6 is 23.1 Å². The van der Waals surface area contributed by atoms with Gasteiger partial charge in [-0.15, -0.1) is 28.1 Å². The van der Waals surface area contributed by atoms with Crippen LogP contribution in [-0.2, 0) is 22.7 Å². The van der Waals surface area contributed by atoms with Crippen molar-refractivity contribution < 1.29 is 19.1 Å². The van der Waals surface area contributed by atoms with Gasteiger partial charge < -0.3 is 14.8 Å². The molecule has 0 aliphatic heterocycles. The van der Waals surface area contributed by atoms with Crippen LogP contribution in [0.1, 0.15) is 34.2 Å². The maximum absolute atomic E-state index is 12.9. The molecular formula is C29H30N4O4S2. The molecule has 2 aromatic heterocycles. The number of rotatable bonds is 12. The molecule has 4 rings (SSSR count). The number of anilines is 1. The van der Waals surface area contributed by atoms with Crippen LogP contribution in [0.15, 0.2) is 71.7 Å². The molecule has 0 fully saturated rings. The monoisotopic (exact) mass is 562 g/mol. The number of carbonyl (C=O) groups is 2. The molecule has 0 saturated carbocycles. The molecule has 8 nitrogen and oxygen atoms in total. The van der Waals surface area contributed by atoms with Crippen molar-refractivity contribution in [3.05, 3.63) is 89.1 Å². The Balaban J connectivity index is 1.45. The molecule has 1 N–H and O–H groups in total. The third-order valence-corrected chi connectivity index (χ3v) is 7.61. The Morgan fingerprint density at radius 3 is 2.69 bits per heavy atom. The third-order valence-electron chi connectivity index (χ3n) is 5.75. The number of esters is 1. The van der Waals surface area contributed by atoms with Gasteiger partial charge in [0.25, 0.3) is 0 Å². The highest BCUT2D eigenvalue weighted by molar-refractivity contribution is 7.99. The number of nitrogens with zero attached hydrogens (tertiary/aromatic N) is 3. The van der Waals surface area contributed by atoms with E-state index in [-0.39, 0.29) is 24.9 Å². The first kappa shape index (κ1) is 28.1. The van der Waals surface area contributed by atoms with E-state index in [0.29, 0.717) is 28.1 Å². The van der Waals surface area contributed by atoms with Gasteiger partial charge in [0.2, 0.25) is 5.91 Å². The standard InChI is InChI=1S/C29H30N4O4S2/c1-5-14-33-24(16-37-23-15-19(3)12-13-20(23)4)31-32-29(33)39-18-25(34)30-27-26(28(35)36-6-2)22(17-38-27)21-10-8-7-9-11-21/h5,7-13,15,17H,1,6,14,16,18H2,2-4H3,(H,30,34). The topological polar surface area (TPSA) is 95.3 Å². The van der Waals surface area contributed by atoms with Crippen LogP contribution in [0.3, 0.4) is 0 Å². The van der Waals surface area contributed by atoms with Gasteiger partial charge in [-0.25, -0.2) is 4.79 Å². The maximum Gasteiger partial charge on any atom is 0.341 e. The largest absolute Gasteiger partial charge is 0.485 e. The molecule has 4 aromatic rings. The molecule has 0 unspecified atom stereocenters. The first-order chi connectivity index (χ1) is 18.9. The van der Waals surface area contributed by atoms with Crippen LogP contribution in [0, 0.1) is 13.8 Å². The van der Waals surface area contributed by atoms with E-state index in [2.05, 4.69) is 22.1 Å². The molecule has 39 heavy (non-hydrogen) atoms. The first-order valence-electron chi connectivity index (χ1n) is 12.4. The summed E-state index contributed by atoms with van der Waals surface area (Å²) < 4.78 is 13.2. The second-order valence-corrected chi connectivity index (χ2v) is 10.5. The summed E-state index contributed by atoms with van der Waals surface area (Å²) in [4.78, 5) is 25.7. The zero-order valence-corrected chi connectivity index (χ0v) is 23.7. The van der Waals surface area contributed by atoms with Gasteiger partial charge in [0.15, 0.2) is 11.0 Å². The number of benzene rings is 2. The van der Waals surface area contributed by atoms with E-state index in [4.69, 9.17) is 9.47 Å². The number of allylic oxidation sites excluding steroid dienone is 1. The average molecular weight is 563 g/mol. The van der Waals surface area contributed by atoms with Crippen molar-refractivity contribution in [2.75, 3.05) is 17.7 Å². The fourth-order valence-electron chi connectivity index (χ4n) is 3.83. The van der Waals surface area contributed by atoms with Crippen molar-refractivity contribution in [2.24, 2.45) is 0 Å². The first-order valence-corrected chi connectivity index (χ1v) is 14.3. The van der Waals surface area contributed by atoms with Crippen molar-refractivity contribution >= 4 is 40.0 Å². The van der Waals surface area contributed by atoms with E-state index in [0.717, 1.165) is 28.0 Å². The Morgan fingerprint density at radius 1 is 1.15 bits per heavy atom. The van der Waals surface area contributed by atoms with E-state index < -0.39 is 5.97 Å². The highest BCUT2D eigenvalue weighted by atomic mass is 32.2. The second kappa shape index (κ2) is 13.3. The average Bonchev–Trinajstić information content (AvgIpc) is 3.52. The summed E-state index contributed by atoms with van der Waals surface area (Å²) in [5.74, 6) is 0.760. The van der Waals surface area contributed by atoms with Crippen LogP contribution in [0.4, 0.5) is 5.00 Å². The van der Waals surface area contributed by atoms with E-state index in [1.54, 1.807) is 13.0 Å². The van der Waals surface area contributed by atoms with Gasteiger partial charge in [-0.05, 0) is 43.5 Å². The number of carbonyl (C=O) groups excluding carboxylic acids is 2. The minimum atomic E-state index is -0.472. The zero-order valence-electron chi connectivity index (χ0n) is 22.1. The van der Waals surface area contributed by atoms with Gasteiger partial charge in [0, 0.05) is 17.5 Å². The molecule has 0 radical (unpaired) electrons. The maximum atomic E-state index is 12.9. The summed E-state index contributed by atoms with van der Waals surface area (Å²) in [6.45, 7) is 10.5. The van der Waals surface area contributed by atoms with Crippen molar-refractivity contribution in [3.8, 4) is 16.9 Å². The fraction of sp³-hybridized carbons (Fsp3) is 0.241. The SMILES string of the molecule is C=CCn1c(COc2cc(C)ccc2C)nnc1SCC(=O)Nc1scc(-c2ccccc2)c1C(=O)OCC. The fourth-order valence-corrected chi connectivity index (χ4v) is 5.57. The van der Waals surface area contributed by atoms with E-state index >= 15 is 0 Å². The van der Waals surface area contributed by atoms with Crippen LogP contribution in [-0.4, -0.2) is 39.0 Å². The molecule has 0 bridgehead atoms. The van der Waals surface area contributed by atoms with E-state index in [1.807, 2.05) is 72.3 Å². The van der Waals surface area contributed by atoms with Crippen LogP contribution in [0.2, 0.25) is 0 Å². The summed E-state index contributed by atoms with van der Waals surface area (Å²) in [6.07, 6.45) is 1.75. The van der Waals surface area contributed by atoms with Crippen molar-refractivity contribution in [3.63, 3.8) is 0 Å². The summed E-state index contributed by atoms with van der Waals surface area (Å²) >= 11 is 2.54.